The first-order valence-corrected chi connectivity index (χ1v) is 8.25. The molecule has 1 fully saturated rings. The Bertz CT molecular complexity index is 441. The highest BCUT2D eigenvalue weighted by molar-refractivity contribution is 5.33. The van der Waals surface area contributed by atoms with Crippen LogP contribution < -0.4 is 10.5 Å². The van der Waals surface area contributed by atoms with Gasteiger partial charge in [0, 0.05) is 11.6 Å². The normalized spacial score (nSPS) is 23.8. The fourth-order valence-electron chi connectivity index (χ4n) is 3.53. The van der Waals surface area contributed by atoms with Crippen LogP contribution in [0.2, 0.25) is 0 Å². The number of benzene rings is 1. The van der Waals surface area contributed by atoms with Crippen LogP contribution in [0.25, 0.3) is 0 Å². The van der Waals surface area contributed by atoms with Crippen LogP contribution in [-0.4, -0.2) is 7.11 Å². The summed E-state index contributed by atoms with van der Waals surface area (Å²) < 4.78 is 19.4. The summed E-state index contributed by atoms with van der Waals surface area (Å²) in [6, 6.07) is 5.05. The van der Waals surface area contributed by atoms with Gasteiger partial charge < -0.3 is 10.5 Å². The van der Waals surface area contributed by atoms with Crippen molar-refractivity contribution >= 4 is 0 Å². The molecule has 0 spiro atoms. The van der Waals surface area contributed by atoms with Crippen molar-refractivity contribution in [2.24, 2.45) is 17.6 Å². The Morgan fingerprint density at radius 3 is 2.62 bits per heavy atom. The van der Waals surface area contributed by atoms with E-state index in [0.717, 1.165) is 18.8 Å². The Balaban J connectivity index is 1.97. The molecule has 1 aliphatic carbocycles. The van der Waals surface area contributed by atoms with Gasteiger partial charge in [0.15, 0.2) is 11.6 Å². The molecule has 1 unspecified atom stereocenters. The highest BCUT2D eigenvalue weighted by Gasteiger charge is 2.28. The monoisotopic (exact) mass is 293 g/mol. The number of methoxy groups -OCH3 is 1. The lowest BCUT2D eigenvalue weighted by atomic mass is 9.75. The van der Waals surface area contributed by atoms with Gasteiger partial charge in [-0.3, -0.25) is 0 Å². The van der Waals surface area contributed by atoms with Crippen LogP contribution in [0.5, 0.6) is 5.75 Å². The molecule has 3 heteroatoms. The summed E-state index contributed by atoms with van der Waals surface area (Å²) in [5, 5.41) is 0. The van der Waals surface area contributed by atoms with E-state index in [2.05, 4.69) is 6.92 Å². The maximum Gasteiger partial charge on any atom is 0.169 e. The van der Waals surface area contributed by atoms with E-state index in [1.807, 2.05) is 6.07 Å². The number of unbranched alkanes of at least 4 members (excludes halogenated alkanes) is 1. The molecule has 118 valence electrons. The molecule has 0 aliphatic heterocycles. The zero-order valence-electron chi connectivity index (χ0n) is 13.3. The molecule has 0 radical (unpaired) electrons. The molecule has 2 N–H and O–H groups in total. The second-order valence-corrected chi connectivity index (χ2v) is 6.31. The van der Waals surface area contributed by atoms with E-state index in [9.17, 15) is 4.39 Å². The van der Waals surface area contributed by atoms with Gasteiger partial charge in [0.2, 0.25) is 0 Å². The third-order valence-electron chi connectivity index (χ3n) is 4.94. The average molecular weight is 293 g/mol. The first kappa shape index (κ1) is 16.3. The molecule has 0 saturated heterocycles. The minimum absolute atomic E-state index is 0.216. The number of ether oxygens (including phenoxy) is 1. The zero-order valence-corrected chi connectivity index (χ0v) is 13.3. The fourth-order valence-corrected chi connectivity index (χ4v) is 3.53. The molecule has 1 saturated carbocycles. The van der Waals surface area contributed by atoms with Crippen molar-refractivity contribution in [3.05, 3.63) is 29.6 Å². The third-order valence-corrected chi connectivity index (χ3v) is 4.94. The van der Waals surface area contributed by atoms with Crippen LogP contribution >= 0.6 is 0 Å². The summed E-state index contributed by atoms with van der Waals surface area (Å²) in [6.07, 6.45) is 8.65. The molecule has 1 aromatic carbocycles. The number of nitrogens with two attached hydrogens (primary N) is 1. The minimum atomic E-state index is -0.291. The molecule has 21 heavy (non-hydrogen) atoms. The van der Waals surface area contributed by atoms with Crippen molar-refractivity contribution in [1.82, 2.24) is 0 Å². The van der Waals surface area contributed by atoms with E-state index >= 15 is 0 Å². The number of rotatable bonds is 6. The molecule has 1 aromatic rings. The lowest BCUT2D eigenvalue weighted by Crippen LogP contribution is -2.27. The van der Waals surface area contributed by atoms with Crippen LogP contribution in [0, 0.1) is 17.7 Å². The van der Waals surface area contributed by atoms with Crippen LogP contribution in [0.15, 0.2) is 18.2 Å². The van der Waals surface area contributed by atoms with Gasteiger partial charge in [0.05, 0.1) is 7.11 Å². The Hall–Kier alpha value is -1.09. The Morgan fingerprint density at radius 1 is 1.29 bits per heavy atom. The lowest BCUT2D eigenvalue weighted by Gasteiger charge is -2.32. The van der Waals surface area contributed by atoms with Crippen molar-refractivity contribution in [2.45, 2.75) is 57.9 Å². The molecule has 0 aromatic heterocycles. The van der Waals surface area contributed by atoms with Gasteiger partial charge in [-0.1, -0.05) is 51.2 Å². The molecule has 0 amide bonds. The molecule has 1 aliphatic rings. The van der Waals surface area contributed by atoms with E-state index in [1.54, 1.807) is 12.1 Å². The van der Waals surface area contributed by atoms with Gasteiger partial charge in [-0.15, -0.1) is 0 Å². The van der Waals surface area contributed by atoms with Gasteiger partial charge in [-0.25, -0.2) is 4.39 Å². The van der Waals surface area contributed by atoms with Gasteiger partial charge >= 0.3 is 0 Å². The summed E-state index contributed by atoms with van der Waals surface area (Å²) >= 11 is 0. The molecule has 0 bridgehead atoms. The van der Waals surface area contributed by atoms with Gasteiger partial charge in [0.1, 0.15) is 0 Å². The molecule has 1 atom stereocenters. The maximum atomic E-state index is 14.3. The standard InChI is InChI=1S/C18H28FNO/c1-3-4-6-13-9-11-14(12-10-13)18(20)15-7-5-8-16(21-2)17(15)19/h5,7-8,13-14,18H,3-4,6,9-12,20H2,1-2H3. The van der Waals surface area contributed by atoms with Crippen LogP contribution in [0.3, 0.4) is 0 Å². The fraction of sp³-hybridized carbons (Fsp3) is 0.667. The highest BCUT2D eigenvalue weighted by Crippen LogP contribution is 2.39. The van der Waals surface area contributed by atoms with Crippen LogP contribution in [0.1, 0.15) is 63.5 Å². The summed E-state index contributed by atoms with van der Waals surface area (Å²) in [5.41, 5.74) is 6.95. The largest absolute Gasteiger partial charge is 0.494 e. The Labute approximate surface area is 127 Å². The predicted molar refractivity (Wildman–Crippen MR) is 84.9 cm³/mol. The van der Waals surface area contributed by atoms with Crippen LogP contribution in [-0.2, 0) is 0 Å². The number of hydrogen-bond acceptors (Lipinski definition) is 2. The number of hydrogen-bond donors (Lipinski definition) is 1. The lowest BCUT2D eigenvalue weighted by molar-refractivity contribution is 0.230. The van der Waals surface area contributed by atoms with Gasteiger partial charge in [-0.2, -0.15) is 0 Å². The van der Waals surface area contributed by atoms with E-state index in [4.69, 9.17) is 10.5 Å². The molecule has 0 heterocycles. The zero-order chi connectivity index (χ0) is 15.2. The maximum absolute atomic E-state index is 14.3. The SMILES string of the molecule is CCCCC1CCC(C(N)c2cccc(OC)c2F)CC1. The minimum Gasteiger partial charge on any atom is -0.494 e. The summed E-state index contributed by atoms with van der Waals surface area (Å²) in [5.74, 6) is 1.24. The molecule has 2 nitrogen and oxygen atoms in total. The van der Waals surface area contributed by atoms with Crippen molar-refractivity contribution in [2.75, 3.05) is 7.11 Å². The summed E-state index contributed by atoms with van der Waals surface area (Å²) in [4.78, 5) is 0. The predicted octanol–water partition coefficient (Wildman–Crippen LogP) is 4.83. The summed E-state index contributed by atoms with van der Waals surface area (Å²) in [6.45, 7) is 2.24. The second-order valence-electron chi connectivity index (χ2n) is 6.31. The molecule has 2 rings (SSSR count). The van der Waals surface area contributed by atoms with Gasteiger partial charge in [0.25, 0.3) is 0 Å². The van der Waals surface area contributed by atoms with Crippen molar-refractivity contribution in [1.29, 1.82) is 0 Å². The van der Waals surface area contributed by atoms with Crippen LogP contribution in [0.4, 0.5) is 4.39 Å². The van der Waals surface area contributed by atoms with Crippen molar-refractivity contribution in [3.63, 3.8) is 0 Å². The Morgan fingerprint density at radius 2 is 2.00 bits per heavy atom. The van der Waals surface area contributed by atoms with E-state index in [1.165, 1.54) is 39.2 Å². The topological polar surface area (TPSA) is 35.2 Å². The smallest absolute Gasteiger partial charge is 0.169 e. The quantitative estimate of drug-likeness (QED) is 0.815. The van der Waals surface area contributed by atoms with E-state index in [-0.39, 0.29) is 11.9 Å². The van der Waals surface area contributed by atoms with E-state index in [0.29, 0.717) is 17.2 Å². The number of halogens is 1. The van der Waals surface area contributed by atoms with Gasteiger partial charge in [-0.05, 0) is 30.7 Å². The first-order valence-electron chi connectivity index (χ1n) is 8.25. The third kappa shape index (κ3) is 3.97. The molecular weight excluding hydrogens is 265 g/mol. The second kappa shape index (κ2) is 7.79. The van der Waals surface area contributed by atoms with E-state index < -0.39 is 0 Å². The first-order chi connectivity index (χ1) is 10.2. The highest BCUT2D eigenvalue weighted by atomic mass is 19.1. The van der Waals surface area contributed by atoms with Crippen molar-refractivity contribution < 1.29 is 9.13 Å². The average Bonchev–Trinajstić information content (AvgIpc) is 2.53. The summed E-state index contributed by atoms with van der Waals surface area (Å²) in [7, 11) is 1.49. The Kier molecular flexibility index (Phi) is 6.04. The van der Waals surface area contributed by atoms with Crippen molar-refractivity contribution in [3.8, 4) is 5.75 Å². The molecular formula is C18H28FNO.